The quantitative estimate of drug-likeness (QED) is 0.925. The molecule has 0 unspecified atom stereocenters. The van der Waals surface area contributed by atoms with Gasteiger partial charge in [-0.05, 0) is 30.3 Å². The zero-order valence-corrected chi connectivity index (χ0v) is 11.9. The minimum Gasteiger partial charge on any atom is -0.493 e. The number of hydrogen-bond acceptors (Lipinski definition) is 4. The fraction of sp³-hybridized carbons (Fsp3) is 0.133. The number of benzene rings is 2. The molecular formula is C15H13ClN2O2. The molecule has 0 radical (unpaired) electrons. The molecule has 2 aromatic rings. The first-order valence-corrected chi connectivity index (χ1v) is 6.24. The summed E-state index contributed by atoms with van der Waals surface area (Å²) in [6, 6.07) is 12.6. The van der Waals surface area contributed by atoms with E-state index in [1.165, 1.54) is 0 Å². The molecule has 0 aliphatic rings. The number of hydrogen-bond donors (Lipinski definition) is 1. The van der Waals surface area contributed by atoms with Crippen molar-refractivity contribution in [3.05, 3.63) is 47.0 Å². The lowest BCUT2D eigenvalue weighted by molar-refractivity contribution is 0.355. The zero-order chi connectivity index (χ0) is 14.5. The van der Waals surface area contributed by atoms with Crippen LogP contribution in [-0.4, -0.2) is 14.2 Å². The summed E-state index contributed by atoms with van der Waals surface area (Å²) in [6.07, 6.45) is 0. The van der Waals surface area contributed by atoms with Crippen LogP contribution in [0.25, 0.3) is 0 Å². The van der Waals surface area contributed by atoms with E-state index in [-0.39, 0.29) is 0 Å². The van der Waals surface area contributed by atoms with E-state index in [4.69, 9.17) is 26.3 Å². The summed E-state index contributed by atoms with van der Waals surface area (Å²) in [4.78, 5) is 0. The monoisotopic (exact) mass is 288 g/mol. The molecule has 1 N–H and O–H groups in total. The number of nitrogens with one attached hydrogen (secondary N) is 1. The van der Waals surface area contributed by atoms with Gasteiger partial charge in [0.05, 0.1) is 36.6 Å². The van der Waals surface area contributed by atoms with Crippen LogP contribution in [0.15, 0.2) is 36.4 Å². The number of nitrogens with zero attached hydrogens (tertiary/aromatic N) is 1. The average molecular weight is 289 g/mol. The third-order valence-corrected chi connectivity index (χ3v) is 3.07. The number of ether oxygens (including phenoxy) is 2. The number of methoxy groups -OCH3 is 2. The van der Waals surface area contributed by atoms with Crippen LogP contribution in [0.5, 0.6) is 11.5 Å². The molecule has 2 rings (SSSR count). The second-order valence-electron chi connectivity index (χ2n) is 4.00. The Bertz CT molecular complexity index is 665. The molecular weight excluding hydrogens is 276 g/mol. The molecule has 0 aliphatic heterocycles. The number of halogens is 1. The molecule has 0 heterocycles. The van der Waals surface area contributed by atoms with Gasteiger partial charge in [-0.1, -0.05) is 11.6 Å². The van der Waals surface area contributed by atoms with E-state index in [2.05, 4.69) is 5.32 Å². The topological polar surface area (TPSA) is 54.3 Å². The molecule has 0 amide bonds. The predicted octanol–water partition coefficient (Wildman–Crippen LogP) is 3.97. The van der Waals surface area contributed by atoms with Gasteiger partial charge in [0.2, 0.25) is 0 Å². The molecule has 0 aromatic heterocycles. The van der Waals surface area contributed by atoms with Crippen LogP contribution in [0.4, 0.5) is 11.4 Å². The van der Waals surface area contributed by atoms with Gasteiger partial charge in [0.1, 0.15) is 0 Å². The van der Waals surface area contributed by atoms with Gasteiger partial charge in [0.25, 0.3) is 0 Å². The maximum Gasteiger partial charge on any atom is 0.162 e. The van der Waals surface area contributed by atoms with Gasteiger partial charge in [-0.15, -0.1) is 0 Å². The van der Waals surface area contributed by atoms with Crippen LogP contribution >= 0.6 is 11.6 Å². The first-order valence-electron chi connectivity index (χ1n) is 5.86. The smallest absolute Gasteiger partial charge is 0.162 e. The maximum absolute atomic E-state index is 8.81. The van der Waals surface area contributed by atoms with Gasteiger partial charge in [-0.25, -0.2) is 0 Å². The van der Waals surface area contributed by atoms with Crippen molar-refractivity contribution in [1.82, 2.24) is 0 Å². The van der Waals surface area contributed by atoms with Crippen molar-refractivity contribution in [3.8, 4) is 17.6 Å². The third-order valence-electron chi connectivity index (χ3n) is 2.76. The predicted molar refractivity (Wildman–Crippen MR) is 79.0 cm³/mol. The first-order chi connectivity index (χ1) is 9.67. The lowest BCUT2D eigenvalue weighted by Gasteiger charge is -2.12. The van der Waals surface area contributed by atoms with Crippen LogP contribution in [-0.2, 0) is 0 Å². The van der Waals surface area contributed by atoms with E-state index in [1.54, 1.807) is 38.5 Å². The molecule has 102 valence electrons. The minimum atomic E-state index is 0.485. The molecule has 20 heavy (non-hydrogen) atoms. The zero-order valence-electron chi connectivity index (χ0n) is 11.1. The van der Waals surface area contributed by atoms with Crippen molar-refractivity contribution in [1.29, 1.82) is 5.26 Å². The summed E-state index contributed by atoms with van der Waals surface area (Å²) in [6.45, 7) is 0. The van der Waals surface area contributed by atoms with Crippen LogP contribution in [0.2, 0.25) is 5.02 Å². The highest BCUT2D eigenvalue weighted by Crippen LogP contribution is 2.32. The Kier molecular flexibility index (Phi) is 4.34. The molecule has 0 bridgehead atoms. The van der Waals surface area contributed by atoms with Crippen LogP contribution in [0.1, 0.15) is 5.56 Å². The first kappa shape index (κ1) is 14.0. The van der Waals surface area contributed by atoms with E-state index >= 15 is 0 Å². The van der Waals surface area contributed by atoms with E-state index in [0.29, 0.717) is 22.1 Å². The van der Waals surface area contributed by atoms with Gasteiger partial charge in [0.15, 0.2) is 11.5 Å². The molecule has 0 saturated carbocycles. The van der Waals surface area contributed by atoms with Crippen molar-refractivity contribution in [2.24, 2.45) is 0 Å². The van der Waals surface area contributed by atoms with Crippen molar-refractivity contribution in [2.75, 3.05) is 19.5 Å². The molecule has 5 heteroatoms. The van der Waals surface area contributed by atoms with Gasteiger partial charge in [0, 0.05) is 11.8 Å². The van der Waals surface area contributed by atoms with E-state index in [9.17, 15) is 0 Å². The maximum atomic E-state index is 8.81. The SMILES string of the molecule is COc1ccc(Nc2ccc(C#N)cc2Cl)cc1OC. The number of nitriles is 1. The highest BCUT2D eigenvalue weighted by molar-refractivity contribution is 6.33. The Morgan fingerprint density at radius 2 is 1.80 bits per heavy atom. The van der Waals surface area contributed by atoms with Crippen LogP contribution in [0, 0.1) is 11.3 Å². The Morgan fingerprint density at radius 1 is 1.05 bits per heavy atom. The summed E-state index contributed by atoms with van der Waals surface area (Å²) in [5.41, 5.74) is 2.06. The van der Waals surface area contributed by atoms with Gasteiger partial charge in [-0.3, -0.25) is 0 Å². The third kappa shape index (κ3) is 2.95. The Morgan fingerprint density at radius 3 is 2.40 bits per heavy atom. The second-order valence-corrected chi connectivity index (χ2v) is 4.41. The number of rotatable bonds is 4. The number of anilines is 2. The Labute approximate surface area is 122 Å². The molecule has 0 fully saturated rings. The largest absolute Gasteiger partial charge is 0.493 e. The minimum absolute atomic E-state index is 0.485. The normalized spacial score (nSPS) is 9.70. The molecule has 0 spiro atoms. The lowest BCUT2D eigenvalue weighted by Crippen LogP contribution is -1.95. The fourth-order valence-corrected chi connectivity index (χ4v) is 1.98. The standard InChI is InChI=1S/C15H13ClN2O2/c1-19-14-6-4-11(8-15(14)20-2)18-13-5-3-10(9-17)7-12(13)16/h3-8,18H,1-2H3. The van der Waals surface area contributed by atoms with Gasteiger partial charge in [-0.2, -0.15) is 5.26 Å². The lowest BCUT2D eigenvalue weighted by atomic mass is 10.2. The summed E-state index contributed by atoms with van der Waals surface area (Å²) in [5, 5.41) is 12.5. The highest BCUT2D eigenvalue weighted by atomic mass is 35.5. The molecule has 2 aromatic carbocycles. The van der Waals surface area contributed by atoms with Gasteiger partial charge < -0.3 is 14.8 Å². The van der Waals surface area contributed by atoms with Crippen LogP contribution < -0.4 is 14.8 Å². The molecule has 4 nitrogen and oxygen atoms in total. The van der Waals surface area contributed by atoms with Crippen molar-refractivity contribution in [2.45, 2.75) is 0 Å². The molecule has 0 saturated heterocycles. The fourth-order valence-electron chi connectivity index (χ4n) is 1.76. The Balaban J connectivity index is 2.28. The van der Waals surface area contributed by atoms with Crippen molar-refractivity contribution < 1.29 is 9.47 Å². The van der Waals surface area contributed by atoms with Crippen molar-refractivity contribution >= 4 is 23.0 Å². The summed E-state index contributed by atoms with van der Waals surface area (Å²) in [7, 11) is 3.17. The Hall–Kier alpha value is -2.38. The van der Waals surface area contributed by atoms with Gasteiger partial charge >= 0.3 is 0 Å². The second kappa shape index (κ2) is 6.18. The summed E-state index contributed by atoms with van der Waals surface area (Å²) >= 11 is 6.12. The van der Waals surface area contributed by atoms with E-state index in [1.807, 2.05) is 18.2 Å². The summed E-state index contributed by atoms with van der Waals surface area (Å²) < 4.78 is 10.4. The highest BCUT2D eigenvalue weighted by Gasteiger charge is 2.06. The molecule has 0 atom stereocenters. The van der Waals surface area contributed by atoms with E-state index in [0.717, 1.165) is 11.4 Å². The van der Waals surface area contributed by atoms with Crippen LogP contribution in [0.3, 0.4) is 0 Å². The molecule has 0 aliphatic carbocycles. The van der Waals surface area contributed by atoms with Crippen molar-refractivity contribution in [3.63, 3.8) is 0 Å². The average Bonchev–Trinajstić information content (AvgIpc) is 2.49. The summed E-state index contributed by atoms with van der Waals surface area (Å²) in [5.74, 6) is 1.28. The van der Waals surface area contributed by atoms with E-state index < -0.39 is 0 Å².